The summed E-state index contributed by atoms with van der Waals surface area (Å²) >= 11 is 0. The van der Waals surface area contributed by atoms with Crippen LogP contribution in [0.3, 0.4) is 0 Å². The Hall–Kier alpha value is -2.48. The molecule has 0 aliphatic carbocycles. The molecule has 0 aliphatic rings. The van der Waals surface area contributed by atoms with Crippen molar-refractivity contribution in [3.8, 4) is 0 Å². The highest BCUT2D eigenvalue weighted by Crippen LogP contribution is 2.22. The summed E-state index contributed by atoms with van der Waals surface area (Å²) in [7, 11) is 0. The Morgan fingerprint density at radius 3 is 1.47 bits per heavy atom. The molecule has 2 heterocycles. The molecule has 1 aromatic carbocycles. The molecule has 0 saturated carbocycles. The lowest BCUT2D eigenvalue weighted by Crippen LogP contribution is -2.06. The van der Waals surface area contributed by atoms with E-state index in [9.17, 15) is 0 Å². The van der Waals surface area contributed by atoms with Crippen molar-refractivity contribution in [2.24, 2.45) is 16.2 Å². The van der Waals surface area contributed by atoms with Crippen molar-refractivity contribution in [1.82, 2.24) is 9.97 Å². The van der Waals surface area contributed by atoms with Gasteiger partial charge in [0, 0.05) is 24.3 Å². The number of nitrogens with zero attached hydrogens (tertiary/aromatic N) is 2. The van der Waals surface area contributed by atoms with Crippen LogP contribution in [0.1, 0.15) is 98.4 Å². The van der Waals surface area contributed by atoms with E-state index in [1.807, 2.05) is 36.8 Å². The van der Waals surface area contributed by atoms with E-state index in [1.54, 1.807) is 0 Å². The van der Waals surface area contributed by atoms with E-state index in [-0.39, 0.29) is 0 Å². The summed E-state index contributed by atoms with van der Waals surface area (Å²) in [4.78, 5) is 8.37. The number of hydrogen-bond donors (Lipinski definition) is 0. The van der Waals surface area contributed by atoms with Gasteiger partial charge in [0.25, 0.3) is 0 Å². The fourth-order valence-electron chi connectivity index (χ4n) is 3.28. The first-order valence-corrected chi connectivity index (χ1v) is 13.6. The fraction of sp³-hybridized carbons (Fsp3) is 0.529. The molecule has 0 fully saturated rings. The predicted octanol–water partition coefficient (Wildman–Crippen LogP) is 9.79. The first-order chi connectivity index (χ1) is 16.7. The molecule has 2 heteroatoms. The molecule has 0 N–H and O–H groups in total. The third-order valence-electron chi connectivity index (χ3n) is 5.75. The smallest absolute Gasteiger partial charge is 0.0403 e. The average Bonchev–Trinajstić information content (AvgIpc) is 2.82. The third-order valence-corrected chi connectivity index (χ3v) is 5.75. The maximum Gasteiger partial charge on any atom is 0.0403 e. The molecule has 0 aliphatic heterocycles. The van der Waals surface area contributed by atoms with Crippen LogP contribution in [0.5, 0.6) is 0 Å². The standard InChI is InChI=1S/C12H18.2C11H17N/c1-12(2,3)10-9-11-7-5-4-6-8-11;1-11(2,3)7-6-10-5-4-8-12-9-10;1-11(2,3)8-7-10-6-4-5-9-12-10/h4-8H,9-10H2,1-3H3;4-5,8-9H,6-7H2,1-3H3;4-6,9H,7-8H2,1-3H3. The highest BCUT2D eigenvalue weighted by molar-refractivity contribution is 5.14. The van der Waals surface area contributed by atoms with Crippen LogP contribution in [0.4, 0.5) is 0 Å². The van der Waals surface area contributed by atoms with Gasteiger partial charge in [-0.25, -0.2) is 0 Å². The van der Waals surface area contributed by atoms with E-state index in [2.05, 4.69) is 115 Å². The molecule has 0 spiro atoms. The van der Waals surface area contributed by atoms with Gasteiger partial charge in [0.2, 0.25) is 0 Å². The minimum Gasteiger partial charge on any atom is -0.264 e. The van der Waals surface area contributed by atoms with Crippen LogP contribution >= 0.6 is 0 Å². The molecule has 0 atom stereocenters. The molecule has 0 radical (unpaired) electrons. The summed E-state index contributed by atoms with van der Waals surface area (Å²) in [6.45, 7) is 20.4. The van der Waals surface area contributed by atoms with Crippen LogP contribution < -0.4 is 0 Å². The van der Waals surface area contributed by atoms with E-state index in [4.69, 9.17) is 0 Å². The van der Waals surface area contributed by atoms with Crippen molar-refractivity contribution in [3.63, 3.8) is 0 Å². The highest BCUT2D eigenvalue weighted by atomic mass is 14.7. The van der Waals surface area contributed by atoms with Crippen molar-refractivity contribution in [2.75, 3.05) is 0 Å². The second kappa shape index (κ2) is 15.6. The maximum absolute atomic E-state index is 4.28. The first kappa shape index (κ1) is 31.5. The first-order valence-electron chi connectivity index (χ1n) is 13.6. The summed E-state index contributed by atoms with van der Waals surface area (Å²) in [6, 6.07) is 20.9. The number of aromatic nitrogens is 2. The molecule has 0 saturated heterocycles. The molecule has 0 amide bonds. The van der Waals surface area contributed by atoms with Crippen LogP contribution in [0.2, 0.25) is 0 Å². The van der Waals surface area contributed by atoms with Crippen LogP contribution in [0.15, 0.2) is 79.3 Å². The van der Waals surface area contributed by atoms with E-state index in [0.717, 1.165) is 12.8 Å². The third kappa shape index (κ3) is 18.8. The Morgan fingerprint density at radius 2 is 1.00 bits per heavy atom. The van der Waals surface area contributed by atoms with Gasteiger partial charge in [-0.05, 0) is 84.1 Å². The van der Waals surface area contributed by atoms with Gasteiger partial charge in [-0.3, -0.25) is 9.97 Å². The number of rotatable bonds is 6. The number of benzene rings is 1. The van der Waals surface area contributed by atoms with E-state index >= 15 is 0 Å². The van der Waals surface area contributed by atoms with Crippen molar-refractivity contribution >= 4 is 0 Å². The summed E-state index contributed by atoms with van der Waals surface area (Å²) in [6.07, 6.45) is 12.7. The molecule has 36 heavy (non-hydrogen) atoms. The number of hydrogen-bond acceptors (Lipinski definition) is 2. The van der Waals surface area contributed by atoms with Crippen LogP contribution in [-0.4, -0.2) is 9.97 Å². The normalized spacial score (nSPS) is 11.6. The molecule has 3 aromatic rings. The Labute approximate surface area is 223 Å². The second-order valence-electron chi connectivity index (χ2n) is 13.3. The van der Waals surface area contributed by atoms with Crippen LogP contribution in [-0.2, 0) is 19.3 Å². The number of pyridine rings is 2. The molecular weight excluding hydrogens is 436 g/mol. The van der Waals surface area contributed by atoms with Gasteiger partial charge in [-0.2, -0.15) is 0 Å². The minimum atomic E-state index is 0.414. The lowest BCUT2D eigenvalue weighted by atomic mass is 9.89. The average molecular weight is 489 g/mol. The molecule has 198 valence electrons. The summed E-state index contributed by atoms with van der Waals surface area (Å²) in [5, 5.41) is 0. The van der Waals surface area contributed by atoms with Gasteiger partial charge >= 0.3 is 0 Å². The Balaban J connectivity index is 0.000000270. The lowest BCUT2D eigenvalue weighted by Gasteiger charge is -2.17. The molecule has 0 unspecified atom stereocenters. The lowest BCUT2D eigenvalue weighted by molar-refractivity contribution is 0.376. The van der Waals surface area contributed by atoms with Gasteiger partial charge in [0.05, 0.1) is 0 Å². The van der Waals surface area contributed by atoms with Gasteiger partial charge in [0.1, 0.15) is 0 Å². The zero-order chi connectivity index (χ0) is 27.1. The summed E-state index contributed by atoms with van der Waals surface area (Å²) < 4.78 is 0. The van der Waals surface area contributed by atoms with Gasteiger partial charge in [-0.15, -0.1) is 0 Å². The summed E-state index contributed by atoms with van der Waals surface area (Å²) in [5.74, 6) is 0. The van der Waals surface area contributed by atoms with E-state index < -0.39 is 0 Å². The van der Waals surface area contributed by atoms with Crippen molar-refractivity contribution in [2.45, 2.75) is 101 Å². The molecular formula is C34H52N2. The largest absolute Gasteiger partial charge is 0.264 e. The molecule has 2 aromatic heterocycles. The van der Waals surface area contributed by atoms with Gasteiger partial charge < -0.3 is 0 Å². The van der Waals surface area contributed by atoms with Crippen molar-refractivity contribution < 1.29 is 0 Å². The Kier molecular flexibility index (Phi) is 13.7. The van der Waals surface area contributed by atoms with Gasteiger partial charge in [-0.1, -0.05) is 105 Å². The van der Waals surface area contributed by atoms with Crippen molar-refractivity contribution in [3.05, 3.63) is 96.1 Å². The quantitative estimate of drug-likeness (QED) is 0.345. The maximum atomic E-state index is 4.28. The van der Waals surface area contributed by atoms with Crippen molar-refractivity contribution in [1.29, 1.82) is 0 Å². The predicted molar refractivity (Wildman–Crippen MR) is 158 cm³/mol. The Bertz CT molecular complexity index is 785. The minimum absolute atomic E-state index is 0.414. The van der Waals surface area contributed by atoms with Gasteiger partial charge in [0.15, 0.2) is 0 Å². The van der Waals surface area contributed by atoms with Crippen LogP contribution in [0.25, 0.3) is 0 Å². The Morgan fingerprint density at radius 1 is 0.500 bits per heavy atom. The van der Waals surface area contributed by atoms with E-state index in [1.165, 1.54) is 42.5 Å². The SMILES string of the molecule is CC(C)(C)CCc1ccccc1.CC(C)(C)CCc1ccccn1.CC(C)(C)CCc1cccnc1. The summed E-state index contributed by atoms with van der Waals surface area (Å²) in [5.41, 5.74) is 5.29. The van der Waals surface area contributed by atoms with E-state index in [0.29, 0.717) is 16.2 Å². The highest BCUT2D eigenvalue weighted by Gasteiger charge is 2.11. The fourth-order valence-corrected chi connectivity index (χ4v) is 3.28. The monoisotopic (exact) mass is 488 g/mol. The molecule has 0 bridgehead atoms. The van der Waals surface area contributed by atoms with Crippen LogP contribution in [0, 0.1) is 16.2 Å². The zero-order valence-corrected chi connectivity index (χ0v) is 24.6. The molecule has 3 rings (SSSR count). The molecule has 2 nitrogen and oxygen atoms in total. The number of aryl methyl sites for hydroxylation is 3. The topological polar surface area (TPSA) is 25.8 Å². The zero-order valence-electron chi connectivity index (χ0n) is 24.6. The second-order valence-corrected chi connectivity index (χ2v) is 13.3.